The average molecular weight is 643 g/mol. The Labute approximate surface area is 266 Å². The maximum absolute atomic E-state index is 14.7. The number of aryl methyl sites for hydroxylation is 2. The first-order valence-corrected chi connectivity index (χ1v) is 18.4. The molecule has 4 aromatic rings. The summed E-state index contributed by atoms with van der Waals surface area (Å²) in [6, 6.07) is 28.5. The van der Waals surface area contributed by atoms with E-state index >= 15 is 0 Å². The third kappa shape index (κ3) is 5.13. The number of hydrogen-bond acceptors (Lipinski definition) is 6. The summed E-state index contributed by atoms with van der Waals surface area (Å²) in [5.41, 5.74) is 4.18. The van der Waals surface area contributed by atoms with E-state index in [-0.39, 0.29) is 9.79 Å². The molecule has 2 bridgehead atoms. The number of fused-ring (bicyclic) bond motifs is 6. The monoisotopic (exact) mass is 642 g/mol. The molecule has 45 heavy (non-hydrogen) atoms. The molecular weight excluding hydrogens is 605 g/mol. The van der Waals surface area contributed by atoms with E-state index in [1.54, 1.807) is 36.4 Å². The summed E-state index contributed by atoms with van der Waals surface area (Å²) >= 11 is 0. The fourth-order valence-electron chi connectivity index (χ4n) is 6.94. The normalized spacial score (nSPS) is 20.5. The Bertz CT molecular complexity index is 1790. The molecule has 8 nitrogen and oxygen atoms in total. The SMILES string of the molecule is Cc1ccc(S(=O)(=O)N2c3ccccc3[C@H]3N(CCN4CCCCC4)[C@H]2c2ccccc2N3S(=O)(=O)c2ccc(C)cc2)cc1. The molecule has 234 valence electrons. The maximum atomic E-state index is 14.7. The highest BCUT2D eigenvalue weighted by Gasteiger charge is 2.54. The Morgan fingerprint density at radius 2 is 0.978 bits per heavy atom. The Balaban J connectivity index is 1.46. The summed E-state index contributed by atoms with van der Waals surface area (Å²) in [6.45, 7) is 7.01. The van der Waals surface area contributed by atoms with E-state index in [1.165, 1.54) is 15.0 Å². The summed E-state index contributed by atoms with van der Waals surface area (Å²) < 4.78 is 61.9. The van der Waals surface area contributed by atoms with Gasteiger partial charge in [-0.2, -0.15) is 0 Å². The van der Waals surface area contributed by atoms with Gasteiger partial charge in [0, 0.05) is 24.2 Å². The number of benzene rings is 4. The third-order valence-corrected chi connectivity index (χ3v) is 12.8. The lowest BCUT2D eigenvalue weighted by Gasteiger charge is -2.56. The molecule has 0 amide bonds. The van der Waals surface area contributed by atoms with Gasteiger partial charge in [-0.15, -0.1) is 0 Å². The van der Waals surface area contributed by atoms with E-state index in [0.717, 1.165) is 37.1 Å². The van der Waals surface area contributed by atoms with Crippen molar-refractivity contribution >= 4 is 31.4 Å². The van der Waals surface area contributed by atoms with E-state index < -0.39 is 32.4 Å². The van der Waals surface area contributed by atoms with Crippen LogP contribution in [0.15, 0.2) is 107 Å². The van der Waals surface area contributed by atoms with Gasteiger partial charge in [0.25, 0.3) is 20.0 Å². The second kappa shape index (κ2) is 11.6. The number of rotatable bonds is 7. The molecule has 4 aromatic carbocycles. The van der Waals surface area contributed by atoms with Crippen molar-refractivity contribution in [2.45, 2.75) is 55.2 Å². The second-order valence-corrected chi connectivity index (χ2v) is 15.9. The number of hydrogen-bond donors (Lipinski definition) is 0. The predicted molar refractivity (Wildman–Crippen MR) is 177 cm³/mol. The lowest BCUT2D eigenvalue weighted by molar-refractivity contribution is 0.0978. The Morgan fingerprint density at radius 1 is 0.556 bits per heavy atom. The lowest BCUT2D eigenvalue weighted by Crippen LogP contribution is -2.60. The van der Waals surface area contributed by atoms with Crippen LogP contribution in [-0.2, 0) is 20.0 Å². The van der Waals surface area contributed by atoms with Gasteiger partial charge < -0.3 is 4.90 Å². The van der Waals surface area contributed by atoms with Crippen LogP contribution in [0.1, 0.15) is 53.8 Å². The molecule has 0 aromatic heterocycles. The van der Waals surface area contributed by atoms with Crippen molar-refractivity contribution in [2.75, 3.05) is 34.8 Å². The molecule has 0 saturated carbocycles. The Kier molecular flexibility index (Phi) is 7.72. The summed E-state index contributed by atoms with van der Waals surface area (Å²) in [6.07, 6.45) is 1.96. The van der Waals surface area contributed by atoms with E-state index in [9.17, 15) is 16.8 Å². The number of piperidine rings is 1. The summed E-state index contributed by atoms with van der Waals surface area (Å²) in [4.78, 5) is 4.88. The molecule has 0 N–H and O–H groups in total. The highest BCUT2D eigenvalue weighted by Crippen LogP contribution is 2.56. The van der Waals surface area contributed by atoms with Gasteiger partial charge in [-0.25, -0.2) is 25.4 Å². The summed E-state index contributed by atoms with van der Waals surface area (Å²) in [5, 5.41) is 0. The number of anilines is 2. The van der Waals surface area contributed by atoms with Gasteiger partial charge in [0.1, 0.15) is 12.3 Å². The largest absolute Gasteiger partial charge is 0.302 e. The molecular formula is C35H38N4O4S2. The van der Waals surface area contributed by atoms with Gasteiger partial charge in [0.15, 0.2) is 0 Å². The number of nitrogens with zero attached hydrogens (tertiary/aromatic N) is 4. The van der Waals surface area contributed by atoms with Crippen molar-refractivity contribution < 1.29 is 16.8 Å². The van der Waals surface area contributed by atoms with Crippen LogP contribution in [0.25, 0.3) is 0 Å². The third-order valence-electron chi connectivity index (χ3n) is 9.26. The first kappa shape index (κ1) is 30.0. The quantitative estimate of drug-likeness (QED) is 0.239. The van der Waals surface area contributed by atoms with Crippen LogP contribution in [0, 0.1) is 13.8 Å². The van der Waals surface area contributed by atoms with Crippen LogP contribution in [-0.4, -0.2) is 52.8 Å². The first-order chi connectivity index (χ1) is 21.7. The fraction of sp³-hybridized carbons (Fsp3) is 0.314. The van der Waals surface area contributed by atoms with E-state index in [4.69, 9.17) is 0 Å². The lowest BCUT2D eigenvalue weighted by atomic mass is 9.96. The molecule has 3 aliphatic rings. The van der Waals surface area contributed by atoms with Gasteiger partial charge in [0.05, 0.1) is 21.2 Å². The van der Waals surface area contributed by atoms with E-state index in [1.807, 2.05) is 74.5 Å². The van der Waals surface area contributed by atoms with Crippen LogP contribution in [0.4, 0.5) is 11.4 Å². The minimum Gasteiger partial charge on any atom is -0.302 e. The maximum Gasteiger partial charge on any atom is 0.265 e. The summed E-state index contributed by atoms with van der Waals surface area (Å²) in [5.74, 6) is 0. The number of sulfonamides is 2. The van der Waals surface area contributed by atoms with Crippen LogP contribution in [0.3, 0.4) is 0 Å². The predicted octanol–water partition coefficient (Wildman–Crippen LogP) is 6.21. The number of likely N-dealkylation sites (tertiary alicyclic amines) is 1. The molecule has 0 spiro atoms. The molecule has 1 saturated heterocycles. The van der Waals surface area contributed by atoms with Gasteiger partial charge in [0.2, 0.25) is 0 Å². The second-order valence-electron chi connectivity index (χ2n) is 12.2. The molecule has 1 fully saturated rings. The van der Waals surface area contributed by atoms with Crippen molar-refractivity contribution in [3.63, 3.8) is 0 Å². The van der Waals surface area contributed by atoms with Gasteiger partial charge >= 0.3 is 0 Å². The molecule has 10 heteroatoms. The van der Waals surface area contributed by atoms with E-state index in [0.29, 0.717) is 35.6 Å². The standard InChI is InChI=1S/C35H38N4O4S2/c1-26-14-18-28(19-15-26)44(40,41)38-32-12-6-4-10-30(32)35-37(25-24-36-22-8-3-9-23-36)34(38)31-11-5-7-13-33(31)39(35)45(42,43)29-20-16-27(2)17-21-29/h4-7,10-21,34-35H,3,8-9,22-25H2,1-2H3/t34-,35+. The molecule has 0 unspecified atom stereocenters. The highest BCUT2D eigenvalue weighted by molar-refractivity contribution is 7.93. The van der Waals surface area contributed by atoms with Crippen molar-refractivity contribution in [3.05, 3.63) is 119 Å². The van der Waals surface area contributed by atoms with Crippen molar-refractivity contribution in [1.82, 2.24) is 9.80 Å². The molecule has 3 aliphatic heterocycles. The van der Waals surface area contributed by atoms with Gasteiger partial charge in [-0.05, 0) is 76.2 Å². The van der Waals surface area contributed by atoms with Crippen molar-refractivity contribution in [3.8, 4) is 0 Å². The van der Waals surface area contributed by atoms with Crippen molar-refractivity contribution in [2.24, 2.45) is 0 Å². The fourth-order valence-corrected chi connectivity index (χ4v) is 10.2. The Morgan fingerprint density at radius 3 is 1.42 bits per heavy atom. The molecule has 0 radical (unpaired) electrons. The Hall–Kier alpha value is -3.70. The summed E-state index contributed by atoms with van der Waals surface area (Å²) in [7, 11) is -8.12. The minimum absolute atomic E-state index is 0.199. The zero-order valence-corrected chi connectivity index (χ0v) is 27.2. The topological polar surface area (TPSA) is 81.2 Å². The van der Waals surface area contributed by atoms with Gasteiger partial charge in [-0.1, -0.05) is 78.2 Å². The molecule has 2 atom stereocenters. The molecule has 7 rings (SSSR count). The average Bonchev–Trinajstić information content (AvgIpc) is 3.04. The van der Waals surface area contributed by atoms with Crippen LogP contribution in [0.2, 0.25) is 0 Å². The smallest absolute Gasteiger partial charge is 0.265 e. The first-order valence-electron chi connectivity index (χ1n) is 15.6. The van der Waals surface area contributed by atoms with Gasteiger partial charge in [-0.3, -0.25) is 4.90 Å². The van der Waals surface area contributed by atoms with Crippen molar-refractivity contribution in [1.29, 1.82) is 0 Å². The minimum atomic E-state index is -4.06. The van der Waals surface area contributed by atoms with Crippen LogP contribution >= 0.6 is 0 Å². The molecule has 0 aliphatic carbocycles. The number of para-hydroxylation sites is 2. The zero-order chi connectivity index (χ0) is 31.3. The van der Waals surface area contributed by atoms with Crippen LogP contribution < -0.4 is 8.61 Å². The highest BCUT2D eigenvalue weighted by atomic mass is 32.2. The van der Waals surface area contributed by atoms with E-state index in [2.05, 4.69) is 9.80 Å². The van der Waals surface area contributed by atoms with Crippen LogP contribution in [0.5, 0.6) is 0 Å². The zero-order valence-electron chi connectivity index (χ0n) is 25.6. The molecule has 3 heterocycles.